The molecule has 3 N–H and O–H groups in total. The van der Waals surface area contributed by atoms with Gasteiger partial charge < -0.3 is 23.9 Å². The fourth-order valence-corrected chi connectivity index (χ4v) is 1.83. The lowest BCUT2D eigenvalue weighted by Crippen LogP contribution is -2.48. The molecule has 0 bridgehead atoms. The number of hydrogen-bond donors (Lipinski definition) is 3. The van der Waals surface area contributed by atoms with E-state index in [2.05, 4.69) is 0 Å². The van der Waals surface area contributed by atoms with E-state index in [0.717, 1.165) is 0 Å². The molecule has 5 nitrogen and oxygen atoms in total. The highest BCUT2D eigenvalue weighted by Crippen LogP contribution is 2.11. The van der Waals surface area contributed by atoms with Crippen molar-refractivity contribution in [3.8, 4) is 5.75 Å². The van der Waals surface area contributed by atoms with Crippen molar-refractivity contribution in [1.82, 2.24) is 0 Å². The Morgan fingerprint density at radius 1 is 1.19 bits per heavy atom. The van der Waals surface area contributed by atoms with Crippen LogP contribution in [0.4, 0.5) is 0 Å². The molecule has 6 heteroatoms. The summed E-state index contributed by atoms with van der Waals surface area (Å²) in [6.45, 7) is 4.19. The quantitative estimate of drug-likeness (QED) is 0.484. The van der Waals surface area contributed by atoms with E-state index in [4.69, 9.17) is 23.9 Å². The van der Waals surface area contributed by atoms with Gasteiger partial charge in [-0.3, -0.25) is 0 Å². The van der Waals surface area contributed by atoms with Gasteiger partial charge in [-0.25, -0.2) is 0 Å². The minimum absolute atomic E-state index is 0.115. The van der Waals surface area contributed by atoms with Gasteiger partial charge in [0.2, 0.25) is 0 Å². The van der Waals surface area contributed by atoms with Gasteiger partial charge in [0.15, 0.2) is 6.29 Å². The van der Waals surface area contributed by atoms with Gasteiger partial charge in [-0.2, -0.15) is 0 Å². The molecule has 1 aromatic carbocycles. The molecule has 1 aromatic rings. The predicted molar refractivity (Wildman–Crippen MR) is 60.2 cm³/mol. The highest BCUT2D eigenvalue weighted by atomic mass is 28.4. The Labute approximate surface area is 95.3 Å². The standard InChI is InChI=1S/C10H16O5Si/c1-3-14-8(2)15-9-4-6-10(7-5-9)16(11,12)13/h4-8,11-13H,3H2,1-2H3. The van der Waals surface area contributed by atoms with Crippen LogP contribution in [-0.2, 0) is 4.74 Å². The molecular formula is C10H16O5Si. The van der Waals surface area contributed by atoms with Gasteiger partial charge in [-0.05, 0) is 26.0 Å². The molecule has 0 aliphatic rings. The van der Waals surface area contributed by atoms with E-state index in [9.17, 15) is 0 Å². The zero-order valence-corrected chi connectivity index (χ0v) is 10.3. The van der Waals surface area contributed by atoms with Gasteiger partial charge in [0, 0.05) is 11.8 Å². The molecule has 0 heterocycles. The second-order valence-corrected chi connectivity index (χ2v) is 5.15. The summed E-state index contributed by atoms with van der Waals surface area (Å²) >= 11 is 0. The lowest BCUT2D eigenvalue weighted by atomic mass is 10.3. The van der Waals surface area contributed by atoms with E-state index in [1.165, 1.54) is 12.1 Å². The van der Waals surface area contributed by atoms with Crippen molar-refractivity contribution in [2.75, 3.05) is 6.61 Å². The summed E-state index contributed by atoms with van der Waals surface area (Å²) in [5, 5.41) is 0.115. The highest BCUT2D eigenvalue weighted by molar-refractivity contribution is 6.71. The summed E-state index contributed by atoms with van der Waals surface area (Å²) < 4.78 is 10.6. The van der Waals surface area contributed by atoms with Crippen molar-refractivity contribution < 1.29 is 23.9 Å². The van der Waals surface area contributed by atoms with E-state index in [1.54, 1.807) is 19.1 Å². The maximum absolute atomic E-state index is 9.03. The third-order valence-corrected chi connectivity index (χ3v) is 3.05. The Balaban J connectivity index is 2.65. The third kappa shape index (κ3) is 3.91. The maximum Gasteiger partial charge on any atom is 0.528 e. The molecule has 0 fully saturated rings. The van der Waals surface area contributed by atoms with Gasteiger partial charge in [-0.15, -0.1) is 0 Å². The minimum Gasteiger partial charge on any atom is -0.465 e. The summed E-state index contributed by atoms with van der Waals surface area (Å²) in [5.74, 6) is 0.544. The molecule has 0 aliphatic carbocycles. The van der Waals surface area contributed by atoms with Crippen LogP contribution in [0.15, 0.2) is 24.3 Å². The summed E-state index contributed by atoms with van der Waals surface area (Å²) in [5.41, 5.74) is 0. The van der Waals surface area contributed by atoms with Crippen molar-refractivity contribution in [3.63, 3.8) is 0 Å². The van der Waals surface area contributed by atoms with E-state index >= 15 is 0 Å². The smallest absolute Gasteiger partial charge is 0.465 e. The zero-order chi connectivity index (χ0) is 12.2. The largest absolute Gasteiger partial charge is 0.528 e. The van der Waals surface area contributed by atoms with Crippen molar-refractivity contribution in [2.24, 2.45) is 0 Å². The average Bonchev–Trinajstić information content (AvgIpc) is 2.17. The fourth-order valence-electron chi connectivity index (χ4n) is 1.22. The second kappa shape index (κ2) is 5.42. The molecule has 0 saturated carbocycles. The molecule has 90 valence electrons. The first-order valence-electron chi connectivity index (χ1n) is 4.99. The van der Waals surface area contributed by atoms with Crippen LogP contribution in [0.3, 0.4) is 0 Å². The number of hydrogen-bond acceptors (Lipinski definition) is 5. The van der Waals surface area contributed by atoms with Crippen LogP contribution in [0.2, 0.25) is 0 Å². The van der Waals surface area contributed by atoms with Crippen LogP contribution < -0.4 is 9.92 Å². The van der Waals surface area contributed by atoms with Gasteiger partial charge in [0.25, 0.3) is 0 Å². The van der Waals surface area contributed by atoms with Crippen LogP contribution in [0, 0.1) is 0 Å². The average molecular weight is 244 g/mol. The second-order valence-electron chi connectivity index (χ2n) is 3.30. The Hall–Kier alpha value is -0.923. The monoisotopic (exact) mass is 244 g/mol. The molecule has 0 amide bonds. The minimum atomic E-state index is -4.20. The highest BCUT2D eigenvalue weighted by Gasteiger charge is 2.29. The first kappa shape index (κ1) is 13.1. The van der Waals surface area contributed by atoms with Gasteiger partial charge in [0.05, 0.1) is 0 Å². The Morgan fingerprint density at radius 3 is 2.19 bits per heavy atom. The molecule has 0 radical (unpaired) electrons. The van der Waals surface area contributed by atoms with Crippen LogP contribution in [0.1, 0.15) is 13.8 Å². The first-order valence-corrected chi connectivity index (χ1v) is 6.83. The molecule has 1 rings (SSSR count). The predicted octanol–water partition coefficient (Wildman–Crippen LogP) is -0.429. The summed E-state index contributed by atoms with van der Waals surface area (Å²) in [6.07, 6.45) is -0.366. The number of rotatable bonds is 5. The number of ether oxygens (including phenoxy) is 2. The van der Waals surface area contributed by atoms with Crippen LogP contribution in [0.5, 0.6) is 5.75 Å². The van der Waals surface area contributed by atoms with Crippen LogP contribution >= 0.6 is 0 Å². The van der Waals surface area contributed by atoms with Crippen molar-refractivity contribution in [1.29, 1.82) is 0 Å². The van der Waals surface area contributed by atoms with Crippen molar-refractivity contribution >= 4 is 14.0 Å². The molecule has 1 unspecified atom stereocenters. The summed E-state index contributed by atoms with van der Waals surface area (Å²) in [4.78, 5) is 27.1. The SMILES string of the molecule is CCOC(C)Oc1ccc([Si](O)(O)O)cc1. The molecule has 0 aromatic heterocycles. The van der Waals surface area contributed by atoms with Crippen molar-refractivity contribution in [2.45, 2.75) is 20.1 Å². The first-order chi connectivity index (χ1) is 7.43. The van der Waals surface area contributed by atoms with Gasteiger partial charge in [-0.1, -0.05) is 12.1 Å². The lowest BCUT2D eigenvalue weighted by molar-refractivity contribution is -0.0613. The third-order valence-electron chi connectivity index (χ3n) is 1.95. The molecule has 1 atom stereocenters. The van der Waals surface area contributed by atoms with E-state index in [1.807, 2.05) is 6.92 Å². The zero-order valence-electron chi connectivity index (χ0n) is 9.25. The summed E-state index contributed by atoms with van der Waals surface area (Å²) in [6, 6.07) is 5.94. The lowest BCUT2D eigenvalue weighted by Gasteiger charge is -2.15. The maximum atomic E-state index is 9.03. The summed E-state index contributed by atoms with van der Waals surface area (Å²) in [7, 11) is -4.20. The van der Waals surface area contributed by atoms with Crippen LogP contribution in [0.25, 0.3) is 0 Å². The molecule has 0 saturated heterocycles. The Kier molecular flexibility index (Phi) is 4.45. The molecule has 0 spiro atoms. The van der Waals surface area contributed by atoms with Crippen LogP contribution in [-0.4, -0.2) is 36.1 Å². The topological polar surface area (TPSA) is 79.2 Å². The molecule has 16 heavy (non-hydrogen) atoms. The van der Waals surface area contributed by atoms with Gasteiger partial charge in [0.1, 0.15) is 5.75 Å². The normalized spacial score (nSPS) is 13.6. The Bertz CT molecular complexity index is 319. The molecule has 0 aliphatic heterocycles. The Morgan fingerprint density at radius 2 is 1.75 bits per heavy atom. The van der Waals surface area contributed by atoms with E-state index < -0.39 is 8.80 Å². The van der Waals surface area contributed by atoms with Gasteiger partial charge >= 0.3 is 8.80 Å². The van der Waals surface area contributed by atoms with E-state index in [-0.39, 0.29) is 11.5 Å². The molecular weight excluding hydrogens is 228 g/mol. The fraction of sp³-hybridized carbons (Fsp3) is 0.400. The van der Waals surface area contributed by atoms with Crippen molar-refractivity contribution in [3.05, 3.63) is 24.3 Å². The number of benzene rings is 1. The van der Waals surface area contributed by atoms with E-state index in [0.29, 0.717) is 12.4 Å².